The quantitative estimate of drug-likeness (QED) is 0.808. The molecule has 24 heavy (non-hydrogen) atoms. The number of nitrogens with zero attached hydrogens (tertiary/aromatic N) is 3. The maximum atomic E-state index is 11.8. The fraction of sp³-hybridized carbons (Fsp3) is 0.625. The molecular weight excluding hydrogens is 312 g/mol. The van der Waals surface area contributed by atoms with Crippen molar-refractivity contribution in [2.45, 2.75) is 51.9 Å². The van der Waals surface area contributed by atoms with E-state index in [1.54, 1.807) is 10.9 Å². The predicted molar refractivity (Wildman–Crippen MR) is 86.3 cm³/mol. The molecule has 2 aromatic rings. The highest BCUT2D eigenvalue weighted by Gasteiger charge is 2.29. The Bertz CT molecular complexity index is 769. The number of rotatable bonds is 6. The first-order chi connectivity index (χ1) is 11.6. The van der Waals surface area contributed by atoms with Crippen LogP contribution in [0.2, 0.25) is 0 Å². The molecule has 3 atom stereocenters. The second-order valence-corrected chi connectivity index (χ2v) is 6.25. The van der Waals surface area contributed by atoms with Crippen LogP contribution in [-0.4, -0.2) is 38.2 Å². The Labute approximate surface area is 139 Å². The summed E-state index contributed by atoms with van der Waals surface area (Å²) in [6.07, 6.45) is 5.46. The van der Waals surface area contributed by atoms with E-state index in [2.05, 4.69) is 21.9 Å². The van der Waals surface area contributed by atoms with Gasteiger partial charge < -0.3 is 14.5 Å². The normalized spacial score (nSPS) is 21.9. The van der Waals surface area contributed by atoms with E-state index >= 15 is 0 Å². The standard InChI is InChI=1S/C16H22N4O4/c1-3-10(2)6-13(21)23-7-11-4-5-12(24-11)20-9-19-14-15(20)17-8-18-16(14)22/h8-12H,3-7H2,1-2H3,(H,17,18,22). The molecule has 0 amide bonds. The number of hydrogen-bond donors (Lipinski definition) is 1. The highest BCUT2D eigenvalue weighted by Crippen LogP contribution is 2.30. The SMILES string of the molecule is CCC(C)CC(=O)OCC1CCC(n2cnc3c(=O)[nH]cnc32)O1. The lowest BCUT2D eigenvalue weighted by Gasteiger charge is -2.16. The van der Waals surface area contributed by atoms with E-state index in [-0.39, 0.29) is 30.5 Å². The minimum absolute atomic E-state index is 0.143. The van der Waals surface area contributed by atoms with E-state index in [0.717, 1.165) is 19.3 Å². The second kappa shape index (κ2) is 7.12. The number of H-pyrrole nitrogens is 1. The van der Waals surface area contributed by atoms with Gasteiger partial charge >= 0.3 is 5.97 Å². The summed E-state index contributed by atoms with van der Waals surface area (Å²) in [6.45, 7) is 4.34. The van der Waals surface area contributed by atoms with Gasteiger partial charge in [-0.3, -0.25) is 14.2 Å². The van der Waals surface area contributed by atoms with Crippen molar-refractivity contribution in [2.75, 3.05) is 6.61 Å². The average molecular weight is 334 g/mol. The van der Waals surface area contributed by atoms with Gasteiger partial charge in [-0.2, -0.15) is 0 Å². The number of carbonyl (C=O) groups excluding carboxylic acids is 1. The Kier molecular flexibility index (Phi) is 4.94. The van der Waals surface area contributed by atoms with Crippen LogP contribution in [0.3, 0.4) is 0 Å². The molecule has 8 heteroatoms. The number of aromatic nitrogens is 4. The zero-order valence-electron chi connectivity index (χ0n) is 13.9. The average Bonchev–Trinajstić information content (AvgIpc) is 3.19. The minimum Gasteiger partial charge on any atom is -0.463 e. The smallest absolute Gasteiger partial charge is 0.306 e. The van der Waals surface area contributed by atoms with Crippen molar-refractivity contribution in [3.05, 3.63) is 23.0 Å². The lowest BCUT2D eigenvalue weighted by Crippen LogP contribution is -2.20. The molecule has 1 N–H and O–H groups in total. The maximum Gasteiger partial charge on any atom is 0.306 e. The van der Waals surface area contributed by atoms with Gasteiger partial charge in [0, 0.05) is 6.42 Å². The molecule has 0 aromatic carbocycles. The lowest BCUT2D eigenvalue weighted by molar-refractivity contribution is -0.149. The number of fused-ring (bicyclic) bond motifs is 1. The summed E-state index contributed by atoms with van der Waals surface area (Å²) in [7, 11) is 0. The van der Waals surface area contributed by atoms with E-state index in [4.69, 9.17) is 9.47 Å². The van der Waals surface area contributed by atoms with E-state index < -0.39 is 0 Å². The summed E-state index contributed by atoms with van der Waals surface area (Å²) in [5, 5.41) is 0. The van der Waals surface area contributed by atoms with Gasteiger partial charge in [-0.15, -0.1) is 0 Å². The largest absolute Gasteiger partial charge is 0.463 e. The molecule has 3 heterocycles. The molecule has 3 rings (SSSR count). The molecule has 0 saturated carbocycles. The number of nitrogens with one attached hydrogen (secondary N) is 1. The molecule has 0 bridgehead atoms. The van der Waals surface area contributed by atoms with Gasteiger partial charge in [-0.25, -0.2) is 9.97 Å². The van der Waals surface area contributed by atoms with Crippen molar-refractivity contribution in [2.24, 2.45) is 5.92 Å². The predicted octanol–water partition coefficient (Wildman–Crippen LogP) is 1.78. The fourth-order valence-electron chi connectivity index (χ4n) is 2.76. The van der Waals surface area contributed by atoms with Crippen LogP contribution < -0.4 is 5.56 Å². The highest BCUT2D eigenvalue weighted by molar-refractivity contribution is 5.69. The summed E-state index contributed by atoms with van der Waals surface area (Å²) in [5.74, 6) is 0.147. The monoisotopic (exact) mass is 334 g/mol. The third-order valence-electron chi connectivity index (χ3n) is 4.40. The zero-order chi connectivity index (χ0) is 17.1. The lowest BCUT2D eigenvalue weighted by atomic mass is 10.1. The van der Waals surface area contributed by atoms with Crippen molar-refractivity contribution in [1.29, 1.82) is 0 Å². The molecule has 3 unspecified atom stereocenters. The van der Waals surface area contributed by atoms with Crippen molar-refractivity contribution in [1.82, 2.24) is 19.5 Å². The van der Waals surface area contributed by atoms with Crippen LogP contribution in [0.25, 0.3) is 11.2 Å². The van der Waals surface area contributed by atoms with Gasteiger partial charge in [0.1, 0.15) is 12.8 Å². The Balaban J connectivity index is 1.58. The van der Waals surface area contributed by atoms with E-state index in [1.807, 2.05) is 6.92 Å². The Hall–Kier alpha value is -2.22. The van der Waals surface area contributed by atoms with Gasteiger partial charge in [0.25, 0.3) is 5.56 Å². The zero-order valence-corrected chi connectivity index (χ0v) is 13.9. The Morgan fingerprint density at radius 3 is 3.12 bits per heavy atom. The summed E-state index contributed by atoms with van der Waals surface area (Å²) < 4.78 is 13.0. The molecule has 1 aliphatic rings. The van der Waals surface area contributed by atoms with E-state index in [9.17, 15) is 9.59 Å². The third-order valence-corrected chi connectivity index (χ3v) is 4.40. The Morgan fingerprint density at radius 1 is 1.50 bits per heavy atom. The topological polar surface area (TPSA) is 99.1 Å². The van der Waals surface area contributed by atoms with Gasteiger partial charge in [0.15, 0.2) is 11.2 Å². The van der Waals surface area contributed by atoms with Crippen LogP contribution in [0.15, 0.2) is 17.4 Å². The van der Waals surface area contributed by atoms with Gasteiger partial charge in [-0.05, 0) is 18.8 Å². The first-order valence-corrected chi connectivity index (χ1v) is 8.29. The first kappa shape index (κ1) is 16.6. The van der Waals surface area contributed by atoms with Crippen molar-refractivity contribution >= 4 is 17.1 Å². The molecule has 130 valence electrons. The third kappa shape index (κ3) is 3.48. The molecule has 0 aliphatic carbocycles. The molecular formula is C16H22N4O4. The number of ether oxygens (including phenoxy) is 2. The highest BCUT2D eigenvalue weighted by atomic mass is 16.6. The molecule has 1 fully saturated rings. The van der Waals surface area contributed by atoms with Crippen molar-refractivity contribution in [3.63, 3.8) is 0 Å². The van der Waals surface area contributed by atoms with Crippen LogP contribution in [0.5, 0.6) is 0 Å². The Morgan fingerprint density at radius 2 is 2.33 bits per heavy atom. The molecule has 8 nitrogen and oxygen atoms in total. The van der Waals surface area contributed by atoms with Crippen LogP contribution in [0, 0.1) is 5.92 Å². The summed E-state index contributed by atoms with van der Waals surface area (Å²) in [5.41, 5.74) is 0.523. The molecule has 1 aliphatic heterocycles. The molecule has 0 radical (unpaired) electrons. The summed E-state index contributed by atoms with van der Waals surface area (Å²) in [6, 6.07) is 0. The first-order valence-electron chi connectivity index (χ1n) is 8.29. The summed E-state index contributed by atoms with van der Waals surface area (Å²) >= 11 is 0. The second-order valence-electron chi connectivity index (χ2n) is 6.25. The molecule has 2 aromatic heterocycles. The van der Waals surface area contributed by atoms with Gasteiger partial charge in [0.2, 0.25) is 0 Å². The van der Waals surface area contributed by atoms with E-state index in [1.165, 1.54) is 6.33 Å². The number of aromatic amines is 1. The number of carbonyl (C=O) groups is 1. The minimum atomic E-state index is -0.271. The fourth-order valence-corrected chi connectivity index (χ4v) is 2.76. The van der Waals surface area contributed by atoms with Gasteiger partial charge in [-0.1, -0.05) is 20.3 Å². The maximum absolute atomic E-state index is 11.8. The van der Waals surface area contributed by atoms with Crippen LogP contribution in [-0.2, 0) is 14.3 Å². The molecule has 1 saturated heterocycles. The van der Waals surface area contributed by atoms with Crippen LogP contribution >= 0.6 is 0 Å². The summed E-state index contributed by atoms with van der Waals surface area (Å²) in [4.78, 5) is 34.2. The molecule has 0 spiro atoms. The van der Waals surface area contributed by atoms with Gasteiger partial charge in [0.05, 0.1) is 18.8 Å². The number of imidazole rings is 1. The number of hydrogen-bond acceptors (Lipinski definition) is 6. The van der Waals surface area contributed by atoms with E-state index in [0.29, 0.717) is 23.5 Å². The van der Waals surface area contributed by atoms with Crippen molar-refractivity contribution < 1.29 is 14.3 Å². The van der Waals surface area contributed by atoms with Crippen LogP contribution in [0.1, 0.15) is 45.8 Å². The van der Waals surface area contributed by atoms with Crippen molar-refractivity contribution in [3.8, 4) is 0 Å². The number of esters is 1. The van der Waals surface area contributed by atoms with Crippen LogP contribution in [0.4, 0.5) is 0 Å².